The Balaban J connectivity index is 1.90. The smallest absolute Gasteiger partial charge is 0.337 e. The fraction of sp³-hybridized carbons (Fsp3) is 0.273. The average molecular weight is 622 g/mol. The molecule has 2 aromatic carbocycles. The minimum absolute atomic E-state index is 0.0709. The molecule has 45 heavy (non-hydrogen) atoms. The number of nitrogens with one attached hydrogen (secondary N) is 1. The largest absolute Gasteiger partial charge is 0.481 e. The summed E-state index contributed by atoms with van der Waals surface area (Å²) in [5.74, 6) is -3.89. The summed E-state index contributed by atoms with van der Waals surface area (Å²) in [6, 6.07) is 13.5. The Bertz CT molecular complexity index is 1670. The summed E-state index contributed by atoms with van der Waals surface area (Å²) in [5.41, 5.74) is 2.64. The molecule has 2 heterocycles. The number of aliphatic hydroxyl groups is 2. The number of aromatic carboxylic acids is 1. The van der Waals surface area contributed by atoms with Crippen molar-refractivity contribution in [1.29, 1.82) is 0 Å². The van der Waals surface area contributed by atoms with Crippen LogP contribution < -0.4 is 5.32 Å². The summed E-state index contributed by atoms with van der Waals surface area (Å²) in [7, 11) is 0. The first-order valence-electron chi connectivity index (χ1n) is 14.2. The Morgan fingerprint density at radius 1 is 0.844 bits per heavy atom. The molecule has 12 heteroatoms. The number of aliphatic hydroxyl groups excluding tert-OH is 2. The second-order valence-electron chi connectivity index (χ2n) is 10.9. The summed E-state index contributed by atoms with van der Waals surface area (Å²) in [4.78, 5) is 40.4. The van der Waals surface area contributed by atoms with Gasteiger partial charge in [-0.1, -0.05) is 24.3 Å². The van der Waals surface area contributed by atoms with E-state index >= 15 is 0 Å². The van der Waals surface area contributed by atoms with Gasteiger partial charge in [-0.15, -0.1) is 0 Å². The lowest BCUT2D eigenvalue weighted by Crippen LogP contribution is -2.23. The molecular formula is C33H33F2N3O7. The lowest BCUT2D eigenvalue weighted by molar-refractivity contribution is -0.139. The molecule has 4 rings (SSSR count). The number of anilines is 1. The van der Waals surface area contributed by atoms with Crippen molar-refractivity contribution in [3.05, 3.63) is 95.4 Å². The van der Waals surface area contributed by atoms with E-state index in [-0.39, 0.29) is 42.4 Å². The van der Waals surface area contributed by atoms with Crippen molar-refractivity contribution in [2.45, 2.75) is 57.8 Å². The van der Waals surface area contributed by atoms with Gasteiger partial charge in [-0.25, -0.2) is 18.6 Å². The van der Waals surface area contributed by atoms with Crippen LogP contribution in [0.5, 0.6) is 0 Å². The van der Waals surface area contributed by atoms with E-state index in [1.54, 1.807) is 16.7 Å². The minimum atomic E-state index is -1.26. The summed E-state index contributed by atoms with van der Waals surface area (Å²) in [5, 5.41) is 41.7. The Hall–Kier alpha value is -4.94. The zero-order valence-corrected chi connectivity index (χ0v) is 24.6. The first-order chi connectivity index (χ1) is 21.3. The highest BCUT2D eigenvalue weighted by Gasteiger charge is 2.31. The summed E-state index contributed by atoms with van der Waals surface area (Å²) >= 11 is 0. The van der Waals surface area contributed by atoms with E-state index in [0.29, 0.717) is 27.9 Å². The number of pyridine rings is 1. The van der Waals surface area contributed by atoms with Crippen LogP contribution in [0, 0.1) is 11.6 Å². The molecule has 2 unspecified atom stereocenters. The third kappa shape index (κ3) is 7.97. The summed E-state index contributed by atoms with van der Waals surface area (Å²) in [6.45, 7) is 3.69. The molecule has 0 bridgehead atoms. The number of aromatic nitrogens is 2. The van der Waals surface area contributed by atoms with Crippen LogP contribution in [0.4, 0.5) is 14.6 Å². The molecular weight excluding hydrogens is 588 g/mol. The zero-order chi connectivity index (χ0) is 32.8. The second kappa shape index (κ2) is 14.2. The fourth-order valence-corrected chi connectivity index (χ4v) is 5.29. The van der Waals surface area contributed by atoms with E-state index in [0.717, 1.165) is 6.20 Å². The maximum absolute atomic E-state index is 14.1. The van der Waals surface area contributed by atoms with Gasteiger partial charge in [0.15, 0.2) is 0 Å². The molecule has 1 amide bonds. The molecule has 0 saturated carbocycles. The highest BCUT2D eigenvalue weighted by molar-refractivity contribution is 6.11. The summed E-state index contributed by atoms with van der Waals surface area (Å²) in [6.07, 6.45) is -1.70. The van der Waals surface area contributed by atoms with E-state index in [1.165, 1.54) is 48.5 Å². The third-order valence-corrected chi connectivity index (χ3v) is 7.23. The number of rotatable bonds is 13. The van der Waals surface area contributed by atoms with Crippen LogP contribution in [-0.4, -0.2) is 60.0 Å². The highest BCUT2D eigenvalue weighted by Crippen LogP contribution is 2.43. The van der Waals surface area contributed by atoms with Gasteiger partial charge in [0.25, 0.3) is 5.91 Å². The number of carbonyl (C=O) groups is 3. The Morgan fingerprint density at radius 2 is 1.42 bits per heavy atom. The molecule has 0 aliphatic heterocycles. The van der Waals surface area contributed by atoms with E-state index in [2.05, 4.69) is 10.3 Å². The molecule has 2 aromatic heterocycles. The molecule has 0 spiro atoms. The van der Waals surface area contributed by atoms with Crippen LogP contribution in [0.2, 0.25) is 0 Å². The SMILES string of the molecule is CC(C)n1c(CCC(O)CC(O)CC(=O)O)c(-c2ccc(F)cc2)c(-c2ccc(F)cc2)c1C(=O)Nc1ccc(C(=O)O)cn1. The van der Waals surface area contributed by atoms with Gasteiger partial charge >= 0.3 is 11.9 Å². The van der Waals surface area contributed by atoms with Crippen molar-refractivity contribution in [3.8, 4) is 22.3 Å². The predicted octanol–water partition coefficient (Wildman–Crippen LogP) is 5.55. The van der Waals surface area contributed by atoms with Crippen LogP contribution in [0.25, 0.3) is 22.3 Å². The lowest BCUT2D eigenvalue weighted by atomic mass is 9.92. The second-order valence-corrected chi connectivity index (χ2v) is 10.9. The first-order valence-corrected chi connectivity index (χ1v) is 14.2. The monoisotopic (exact) mass is 621 g/mol. The third-order valence-electron chi connectivity index (χ3n) is 7.23. The number of hydrogen-bond donors (Lipinski definition) is 5. The van der Waals surface area contributed by atoms with E-state index in [1.807, 2.05) is 13.8 Å². The number of halogens is 2. The molecule has 5 N–H and O–H groups in total. The highest BCUT2D eigenvalue weighted by atomic mass is 19.1. The van der Waals surface area contributed by atoms with E-state index in [4.69, 9.17) is 5.11 Å². The van der Waals surface area contributed by atoms with Crippen molar-refractivity contribution in [1.82, 2.24) is 9.55 Å². The fourth-order valence-electron chi connectivity index (χ4n) is 5.29. The maximum Gasteiger partial charge on any atom is 0.337 e. The van der Waals surface area contributed by atoms with E-state index in [9.17, 15) is 38.5 Å². The molecule has 4 aromatic rings. The van der Waals surface area contributed by atoms with Gasteiger partial charge in [-0.3, -0.25) is 9.59 Å². The number of benzene rings is 2. The Labute approximate surface area is 257 Å². The average Bonchev–Trinajstić information content (AvgIpc) is 3.32. The number of aliphatic carboxylic acids is 1. The number of carboxylic acids is 2. The van der Waals surface area contributed by atoms with Crippen LogP contribution >= 0.6 is 0 Å². The maximum atomic E-state index is 14.1. The van der Waals surface area contributed by atoms with Gasteiger partial charge in [0.05, 0.1) is 24.2 Å². The number of hydrogen-bond acceptors (Lipinski definition) is 6. The normalized spacial score (nSPS) is 12.6. The quantitative estimate of drug-likeness (QED) is 0.130. The molecule has 0 saturated heterocycles. The van der Waals surface area contributed by atoms with Crippen molar-refractivity contribution in [2.75, 3.05) is 5.32 Å². The molecule has 236 valence electrons. The molecule has 0 radical (unpaired) electrons. The molecule has 2 atom stereocenters. The van der Waals surface area contributed by atoms with E-state index < -0.39 is 48.1 Å². The minimum Gasteiger partial charge on any atom is -0.481 e. The molecule has 0 aliphatic rings. The zero-order valence-electron chi connectivity index (χ0n) is 24.6. The van der Waals surface area contributed by atoms with Crippen LogP contribution in [0.15, 0.2) is 66.9 Å². The Morgan fingerprint density at radius 3 is 1.91 bits per heavy atom. The van der Waals surface area contributed by atoms with Gasteiger partial charge in [-0.05, 0) is 80.6 Å². The van der Waals surface area contributed by atoms with Gasteiger partial charge < -0.3 is 30.3 Å². The topological polar surface area (TPSA) is 162 Å². The van der Waals surface area contributed by atoms with Gasteiger partial charge in [0, 0.05) is 29.1 Å². The van der Waals surface area contributed by atoms with Crippen molar-refractivity contribution in [2.24, 2.45) is 0 Å². The number of nitrogens with zero attached hydrogens (tertiary/aromatic N) is 2. The number of carbonyl (C=O) groups excluding carboxylic acids is 1. The molecule has 0 fully saturated rings. The predicted molar refractivity (Wildman–Crippen MR) is 162 cm³/mol. The van der Waals surface area contributed by atoms with Crippen LogP contribution in [-0.2, 0) is 11.2 Å². The Kier molecular flexibility index (Phi) is 10.4. The van der Waals surface area contributed by atoms with Crippen LogP contribution in [0.3, 0.4) is 0 Å². The summed E-state index contributed by atoms with van der Waals surface area (Å²) < 4.78 is 29.9. The van der Waals surface area contributed by atoms with Gasteiger partial charge in [-0.2, -0.15) is 0 Å². The molecule has 0 aliphatic carbocycles. The van der Waals surface area contributed by atoms with Gasteiger partial charge in [0.2, 0.25) is 0 Å². The first kappa shape index (κ1) is 33.0. The van der Waals surface area contributed by atoms with Crippen molar-refractivity contribution >= 4 is 23.7 Å². The standard InChI is InChI=1S/C33H33F2N3O7/c1-18(2)38-26(13-12-24(39)15-25(40)16-28(41)42)29(19-3-8-22(34)9-4-19)30(20-5-10-23(35)11-6-20)31(38)32(43)37-27-14-7-21(17-36-27)33(44)45/h3-11,14,17-18,24-25,39-40H,12-13,15-16H2,1-2H3,(H,41,42)(H,44,45)(H,36,37,43). The lowest BCUT2D eigenvalue weighted by Gasteiger charge is -2.20. The van der Waals surface area contributed by atoms with Crippen molar-refractivity contribution < 1.29 is 43.6 Å². The number of amides is 1. The van der Waals surface area contributed by atoms with Crippen LogP contribution in [0.1, 0.15) is 65.7 Å². The van der Waals surface area contributed by atoms with Gasteiger partial charge in [0.1, 0.15) is 23.1 Å². The number of carboxylic acid groups (broad SMARTS) is 2. The van der Waals surface area contributed by atoms with Crippen molar-refractivity contribution in [3.63, 3.8) is 0 Å². The molecule has 10 nitrogen and oxygen atoms in total.